The van der Waals surface area contributed by atoms with Crippen molar-refractivity contribution in [1.82, 2.24) is 4.90 Å². The van der Waals surface area contributed by atoms with Crippen LogP contribution in [0.1, 0.15) is 27.2 Å². The Morgan fingerprint density at radius 2 is 2.08 bits per heavy atom. The zero-order chi connectivity index (χ0) is 9.56. The molecule has 0 saturated carbocycles. The van der Waals surface area contributed by atoms with Crippen LogP contribution in [-0.4, -0.2) is 37.1 Å². The van der Waals surface area contributed by atoms with E-state index in [1.807, 2.05) is 20.9 Å². The van der Waals surface area contributed by atoms with E-state index in [9.17, 15) is 4.79 Å². The van der Waals surface area contributed by atoms with Crippen molar-refractivity contribution in [2.45, 2.75) is 33.2 Å². The summed E-state index contributed by atoms with van der Waals surface area (Å²) in [6, 6.07) is 0.272. The smallest absolute Gasteiger partial charge is 0.307 e. The lowest BCUT2D eigenvalue weighted by Gasteiger charge is -2.21. The molecule has 3 heteroatoms. The Morgan fingerprint density at radius 3 is 2.50 bits per heavy atom. The predicted molar refractivity (Wildman–Crippen MR) is 49.0 cm³/mol. The molecule has 0 amide bonds. The van der Waals surface area contributed by atoms with Crippen molar-refractivity contribution in [3.05, 3.63) is 0 Å². The Bertz CT molecular complexity index is 136. The predicted octanol–water partition coefficient (Wildman–Crippen LogP) is 1.28. The number of carbonyl (C=O) groups is 1. The average Bonchev–Trinajstić information content (AvgIpc) is 2.03. The van der Waals surface area contributed by atoms with Crippen LogP contribution in [0.3, 0.4) is 0 Å². The van der Waals surface area contributed by atoms with Crippen LogP contribution in [0.5, 0.6) is 0 Å². The highest BCUT2D eigenvalue weighted by atomic mass is 16.5. The third kappa shape index (κ3) is 4.34. The van der Waals surface area contributed by atoms with Gasteiger partial charge in [-0.25, -0.2) is 0 Å². The summed E-state index contributed by atoms with van der Waals surface area (Å²) in [6.45, 7) is 7.36. The first-order valence-electron chi connectivity index (χ1n) is 4.47. The molecule has 1 atom stereocenters. The molecule has 0 aliphatic rings. The van der Waals surface area contributed by atoms with Gasteiger partial charge in [-0.15, -0.1) is 0 Å². The highest BCUT2D eigenvalue weighted by Gasteiger charge is 2.12. The van der Waals surface area contributed by atoms with E-state index in [1.54, 1.807) is 0 Å². The molecule has 0 aliphatic carbocycles. The Morgan fingerprint density at radius 1 is 1.50 bits per heavy atom. The second-order valence-corrected chi connectivity index (χ2v) is 2.93. The minimum absolute atomic E-state index is 0.106. The van der Waals surface area contributed by atoms with Crippen LogP contribution in [0.4, 0.5) is 0 Å². The number of nitrogens with zero attached hydrogens (tertiary/aromatic N) is 1. The summed E-state index contributed by atoms with van der Waals surface area (Å²) < 4.78 is 4.84. The standard InChI is InChI=1S/C9H19NO2/c1-5-10(4)8(3)7-9(11)12-6-2/h8H,5-7H2,1-4H3/t8-/m0/s1. The first kappa shape index (κ1) is 11.4. The zero-order valence-electron chi connectivity index (χ0n) is 8.46. The fraction of sp³-hybridized carbons (Fsp3) is 0.889. The molecule has 0 rings (SSSR count). The van der Waals surface area contributed by atoms with E-state index in [2.05, 4.69) is 11.8 Å². The molecule has 0 bridgehead atoms. The van der Waals surface area contributed by atoms with Crippen LogP contribution >= 0.6 is 0 Å². The summed E-state index contributed by atoms with van der Waals surface area (Å²) in [5, 5.41) is 0. The molecule has 12 heavy (non-hydrogen) atoms. The van der Waals surface area contributed by atoms with Gasteiger partial charge < -0.3 is 9.64 Å². The molecule has 0 radical (unpaired) electrons. The number of carbonyl (C=O) groups excluding carboxylic acids is 1. The first-order chi connectivity index (χ1) is 5.61. The molecular formula is C9H19NO2. The van der Waals surface area contributed by atoms with Gasteiger partial charge in [-0.2, -0.15) is 0 Å². The lowest BCUT2D eigenvalue weighted by Crippen LogP contribution is -2.31. The second kappa shape index (κ2) is 6.00. The second-order valence-electron chi connectivity index (χ2n) is 2.93. The molecule has 0 spiro atoms. The van der Waals surface area contributed by atoms with Gasteiger partial charge in [-0.1, -0.05) is 6.92 Å². The van der Waals surface area contributed by atoms with Crippen LogP contribution in [0.15, 0.2) is 0 Å². The van der Waals surface area contributed by atoms with Gasteiger partial charge in [0.2, 0.25) is 0 Å². The fourth-order valence-electron chi connectivity index (χ4n) is 0.929. The lowest BCUT2D eigenvalue weighted by atomic mass is 10.2. The molecule has 0 aromatic rings. The maximum Gasteiger partial charge on any atom is 0.307 e. The van der Waals surface area contributed by atoms with Crippen molar-refractivity contribution in [3.63, 3.8) is 0 Å². The Labute approximate surface area is 74.7 Å². The maximum absolute atomic E-state index is 11.0. The molecule has 72 valence electrons. The third-order valence-corrected chi connectivity index (χ3v) is 2.02. The van der Waals surface area contributed by atoms with Crippen LogP contribution in [-0.2, 0) is 9.53 Å². The van der Waals surface area contributed by atoms with Gasteiger partial charge in [0, 0.05) is 6.04 Å². The van der Waals surface area contributed by atoms with E-state index < -0.39 is 0 Å². The molecule has 0 aromatic heterocycles. The quantitative estimate of drug-likeness (QED) is 0.586. The van der Waals surface area contributed by atoms with Gasteiger partial charge in [0.05, 0.1) is 13.0 Å². The number of rotatable bonds is 5. The largest absolute Gasteiger partial charge is 0.466 e. The van der Waals surface area contributed by atoms with E-state index >= 15 is 0 Å². The Hall–Kier alpha value is -0.570. The normalized spacial score (nSPS) is 13.1. The number of esters is 1. The van der Waals surface area contributed by atoms with E-state index in [1.165, 1.54) is 0 Å². The lowest BCUT2D eigenvalue weighted by molar-refractivity contribution is -0.144. The van der Waals surface area contributed by atoms with Gasteiger partial charge in [-0.3, -0.25) is 4.79 Å². The summed E-state index contributed by atoms with van der Waals surface area (Å²) in [4.78, 5) is 13.1. The average molecular weight is 173 g/mol. The van der Waals surface area contributed by atoms with E-state index in [4.69, 9.17) is 4.74 Å². The molecule has 0 aromatic carbocycles. The minimum atomic E-state index is -0.106. The fourth-order valence-corrected chi connectivity index (χ4v) is 0.929. The summed E-state index contributed by atoms with van der Waals surface area (Å²) in [5.41, 5.74) is 0. The van der Waals surface area contributed by atoms with Crippen molar-refractivity contribution in [2.75, 3.05) is 20.2 Å². The van der Waals surface area contributed by atoms with Gasteiger partial charge >= 0.3 is 5.97 Å². The molecule has 0 aliphatic heterocycles. The van der Waals surface area contributed by atoms with Gasteiger partial charge in [0.15, 0.2) is 0 Å². The monoisotopic (exact) mass is 173 g/mol. The van der Waals surface area contributed by atoms with Crippen molar-refractivity contribution >= 4 is 5.97 Å². The van der Waals surface area contributed by atoms with Crippen LogP contribution in [0.25, 0.3) is 0 Å². The maximum atomic E-state index is 11.0. The third-order valence-electron chi connectivity index (χ3n) is 2.02. The number of hydrogen-bond acceptors (Lipinski definition) is 3. The molecule has 0 unspecified atom stereocenters. The molecule has 0 saturated heterocycles. The SMILES string of the molecule is CCOC(=O)C[C@H](C)N(C)CC. The molecule has 0 heterocycles. The molecular weight excluding hydrogens is 154 g/mol. The van der Waals surface area contributed by atoms with Crippen molar-refractivity contribution in [2.24, 2.45) is 0 Å². The van der Waals surface area contributed by atoms with Crippen LogP contribution < -0.4 is 0 Å². The van der Waals surface area contributed by atoms with Gasteiger partial charge in [0.25, 0.3) is 0 Å². The highest BCUT2D eigenvalue weighted by Crippen LogP contribution is 2.01. The number of ether oxygens (including phenoxy) is 1. The van der Waals surface area contributed by atoms with Crippen LogP contribution in [0.2, 0.25) is 0 Å². The minimum Gasteiger partial charge on any atom is -0.466 e. The summed E-state index contributed by atoms with van der Waals surface area (Å²) in [6.07, 6.45) is 0.484. The molecule has 0 N–H and O–H groups in total. The van der Waals surface area contributed by atoms with Crippen LogP contribution in [0, 0.1) is 0 Å². The molecule has 3 nitrogen and oxygen atoms in total. The Kier molecular flexibility index (Phi) is 5.72. The zero-order valence-corrected chi connectivity index (χ0v) is 8.46. The Balaban J connectivity index is 3.67. The van der Waals surface area contributed by atoms with Crippen molar-refractivity contribution in [1.29, 1.82) is 0 Å². The van der Waals surface area contributed by atoms with Crippen molar-refractivity contribution < 1.29 is 9.53 Å². The van der Waals surface area contributed by atoms with E-state index in [0.717, 1.165) is 6.54 Å². The van der Waals surface area contributed by atoms with Crippen molar-refractivity contribution in [3.8, 4) is 0 Å². The summed E-state index contributed by atoms with van der Waals surface area (Å²) in [7, 11) is 2.00. The summed E-state index contributed by atoms with van der Waals surface area (Å²) >= 11 is 0. The first-order valence-corrected chi connectivity index (χ1v) is 4.47. The van der Waals surface area contributed by atoms with E-state index in [0.29, 0.717) is 13.0 Å². The van der Waals surface area contributed by atoms with E-state index in [-0.39, 0.29) is 12.0 Å². The topological polar surface area (TPSA) is 29.5 Å². The number of hydrogen-bond donors (Lipinski definition) is 0. The molecule has 0 fully saturated rings. The highest BCUT2D eigenvalue weighted by molar-refractivity contribution is 5.69. The van der Waals surface area contributed by atoms with Gasteiger partial charge in [-0.05, 0) is 27.4 Å². The summed E-state index contributed by atoms with van der Waals surface area (Å²) in [5.74, 6) is -0.106. The van der Waals surface area contributed by atoms with Gasteiger partial charge in [0.1, 0.15) is 0 Å².